The molecule has 4 aliphatic rings. The van der Waals surface area contributed by atoms with Crippen LogP contribution in [0.4, 0.5) is 5.69 Å². The Morgan fingerprint density at radius 3 is 2.36 bits per heavy atom. The zero-order valence-corrected chi connectivity index (χ0v) is 22.0. The van der Waals surface area contributed by atoms with Crippen molar-refractivity contribution < 1.29 is 23.1 Å². The molecule has 3 fully saturated rings. The van der Waals surface area contributed by atoms with Crippen LogP contribution in [0.2, 0.25) is 5.02 Å². The standard InChI is InChI=1S/C25H35ClN4O5S/c26-22-14-23-17(10-21(22)25(27)33)11-24(32)29(23)20-12-18-2-3-19(13-20)30(18)36(34,35)15-16-4-7-28(8-5-16)6-1-9-31/h10,14,16,18-20,31H,1-9,11-13,15H2,(H2,27,33). The molecule has 5 rings (SSSR count). The van der Waals surface area contributed by atoms with Crippen molar-refractivity contribution in [1.82, 2.24) is 9.21 Å². The van der Waals surface area contributed by atoms with Gasteiger partial charge >= 0.3 is 0 Å². The summed E-state index contributed by atoms with van der Waals surface area (Å²) < 4.78 is 28.9. The van der Waals surface area contributed by atoms with Crippen LogP contribution in [0.25, 0.3) is 0 Å². The molecule has 4 aliphatic heterocycles. The Hall–Kier alpha value is -1.72. The molecule has 0 saturated carbocycles. The van der Waals surface area contributed by atoms with Gasteiger partial charge in [-0.05, 0) is 81.6 Å². The van der Waals surface area contributed by atoms with Crippen molar-refractivity contribution in [3.63, 3.8) is 0 Å². The van der Waals surface area contributed by atoms with Crippen molar-refractivity contribution in [3.05, 3.63) is 28.3 Å². The molecule has 3 N–H and O–H groups in total. The van der Waals surface area contributed by atoms with E-state index in [-0.39, 0.29) is 59.3 Å². The highest BCUT2D eigenvalue weighted by Crippen LogP contribution is 2.44. The van der Waals surface area contributed by atoms with Crippen molar-refractivity contribution in [2.24, 2.45) is 11.7 Å². The molecule has 4 heterocycles. The largest absolute Gasteiger partial charge is 0.396 e. The van der Waals surface area contributed by atoms with Gasteiger partial charge in [0.25, 0.3) is 0 Å². The summed E-state index contributed by atoms with van der Waals surface area (Å²) in [7, 11) is -3.40. The van der Waals surface area contributed by atoms with Crippen LogP contribution in [0.15, 0.2) is 12.1 Å². The molecule has 0 aliphatic carbocycles. The van der Waals surface area contributed by atoms with E-state index in [1.54, 1.807) is 21.3 Å². The molecule has 0 radical (unpaired) electrons. The maximum absolute atomic E-state index is 13.5. The number of benzene rings is 1. The van der Waals surface area contributed by atoms with Crippen molar-refractivity contribution in [2.45, 2.75) is 69.5 Å². The summed E-state index contributed by atoms with van der Waals surface area (Å²) in [6, 6.07) is 2.98. The Morgan fingerprint density at radius 1 is 1.08 bits per heavy atom. The van der Waals surface area contributed by atoms with Crippen molar-refractivity contribution in [3.8, 4) is 0 Å². The number of carbonyl (C=O) groups excluding carboxylic acids is 2. The highest BCUT2D eigenvalue weighted by atomic mass is 35.5. The summed E-state index contributed by atoms with van der Waals surface area (Å²) in [6.07, 6.45) is 5.52. The Labute approximate surface area is 217 Å². The van der Waals surface area contributed by atoms with Crippen molar-refractivity contribution >= 4 is 39.1 Å². The first-order valence-corrected chi connectivity index (χ1v) is 15.0. The lowest BCUT2D eigenvalue weighted by molar-refractivity contribution is -0.118. The van der Waals surface area contributed by atoms with Crippen molar-refractivity contribution in [2.75, 3.05) is 36.9 Å². The summed E-state index contributed by atoms with van der Waals surface area (Å²) in [4.78, 5) is 28.8. The highest BCUT2D eigenvalue weighted by Gasteiger charge is 2.50. The topological polar surface area (TPSA) is 124 Å². The van der Waals surface area contributed by atoms with Gasteiger partial charge in [0.05, 0.1) is 22.8 Å². The first kappa shape index (κ1) is 25.9. The number of aliphatic hydroxyl groups excluding tert-OH is 1. The lowest BCUT2D eigenvalue weighted by atomic mass is 9.97. The number of hydrogen-bond acceptors (Lipinski definition) is 6. The number of nitrogens with two attached hydrogens (primary N) is 1. The number of halogens is 1. The van der Waals surface area contributed by atoms with Crippen LogP contribution in [0.5, 0.6) is 0 Å². The Bertz CT molecular complexity index is 1120. The van der Waals surface area contributed by atoms with Gasteiger partial charge < -0.3 is 20.6 Å². The minimum absolute atomic E-state index is 0.0450. The van der Waals surface area contributed by atoms with E-state index in [1.165, 1.54) is 0 Å². The van der Waals surface area contributed by atoms with Gasteiger partial charge in [0.1, 0.15) is 0 Å². The van der Waals surface area contributed by atoms with Crippen molar-refractivity contribution in [1.29, 1.82) is 0 Å². The zero-order chi connectivity index (χ0) is 25.6. The quantitative estimate of drug-likeness (QED) is 0.519. The van der Waals surface area contributed by atoms with E-state index in [4.69, 9.17) is 22.4 Å². The fourth-order valence-corrected chi connectivity index (χ4v) is 9.41. The second-order valence-electron chi connectivity index (χ2n) is 10.7. The van der Waals surface area contributed by atoms with Gasteiger partial charge in [0.15, 0.2) is 0 Å². The lowest BCUT2D eigenvalue weighted by Gasteiger charge is -2.42. The van der Waals surface area contributed by atoms with E-state index in [2.05, 4.69) is 4.90 Å². The highest BCUT2D eigenvalue weighted by molar-refractivity contribution is 7.89. The van der Waals surface area contributed by atoms with Gasteiger partial charge in [0.2, 0.25) is 21.8 Å². The van der Waals surface area contributed by atoms with Crippen LogP contribution in [0.3, 0.4) is 0 Å². The minimum Gasteiger partial charge on any atom is -0.396 e. The smallest absolute Gasteiger partial charge is 0.250 e. The molecule has 1 aromatic rings. The number of piperidine rings is 2. The third-order valence-electron chi connectivity index (χ3n) is 8.42. The molecular formula is C25H35ClN4O5S. The molecule has 0 aromatic heterocycles. The Balaban J connectivity index is 1.26. The van der Waals surface area contributed by atoms with Crippen LogP contribution in [-0.2, 0) is 21.2 Å². The molecule has 1 aromatic carbocycles. The number of primary amides is 1. The molecule has 198 valence electrons. The molecule has 9 nitrogen and oxygen atoms in total. The number of rotatable bonds is 8. The predicted octanol–water partition coefficient (Wildman–Crippen LogP) is 1.75. The van der Waals surface area contributed by atoms with E-state index in [9.17, 15) is 18.0 Å². The fraction of sp³-hybridized carbons (Fsp3) is 0.680. The molecule has 0 spiro atoms. The van der Waals surface area contributed by atoms with Crippen LogP contribution >= 0.6 is 11.6 Å². The number of carbonyl (C=O) groups is 2. The average Bonchev–Trinajstić information content (AvgIpc) is 3.30. The Morgan fingerprint density at radius 2 is 1.75 bits per heavy atom. The normalized spacial score (nSPS) is 27.6. The van der Waals surface area contributed by atoms with E-state index < -0.39 is 15.9 Å². The maximum Gasteiger partial charge on any atom is 0.250 e. The fourth-order valence-electron chi connectivity index (χ4n) is 6.77. The van der Waals surface area contributed by atoms with E-state index >= 15 is 0 Å². The summed E-state index contributed by atoms with van der Waals surface area (Å²) in [5.74, 6) is -0.321. The number of aliphatic hydroxyl groups is 1. The molecule has 3 saturated heterocycles. The number of amides is 2. The van der Waals surface area contributed by atoms with E-state index in [0.717, 1.165) is 57.3 Å². The second-order valence-corrected chi connectivity index (χ2v) is 13.1. The SMILES string of the molecule is NC(=O)c1cc2c(cc1Cl)N(C1CC3CCC(C1)N3S(=O)(=O)CC1CCN(CCCO)CC1)C(=O)C2. The van der Waals surface area contributed by atoms with Gasteiger partial charge in [-0.1, -0.05) is 11.6 Å². The summed E-state index contributed by atoms with van der Waals surface area (Å²) in [5.41, 5.74) is 7.09. The zero-order valence-electron chi connectivity index (χ0n) is 20.4. The third-order valence-corrected chi connectivity index (χ3v) is 10.9. The summed E-state index contributed by atoms with van der Waals surface area (Å²) in [6.45, 7) is 2.81. The average molecular weight is 539 g/mol. The van der Waals surface area contributed by atoms with Crippen LogP contribution < -0.4 is 10.6 Å². The number of likely N-dealkylation sites (tertiary alicyclic amines) is 1. The Kier molecular flexibility index (Phi) is 7.35. The third kappa shape index (κ3) is 4.90. The number of nitrogens with zero attached hydrogens (tertiary/aromatic N) is 3. The predicted molar refractivity (Wildman–Crippen MR) is 137 cm³/mol. The first-order valence-electron chi connectivity index (χ1n) is 13.0. The molecule has 2 unspecified atom stereocenters. The van der Waals surface area contributed by atoms with Crippen LogP contribution in [0.1, 0.15) is 60.9 Å². The molecule has 36 heavy (non-hydrogen) atoms. The monoisotopic (exact) mass is 538 g/mol. The first-order chi connectivity index (χ1) is 17.2. The lowest BCUT2D eigenvalue weighted by Crippen LogP contribution is -2.54. The number of hydrogen-bond donors (Lipinski definition) is 2. The molecular weight excluding hydrogens is 504 g/mol. The number of sulfonamides is 1. The van der Waals surface area contributed by atoms with Crippen LogP contribution in [0, 0.1) is 5.92 Å². The minimum atomic E-state index is -3.40. The van der Waals surface area contributed by atoms with Gasteiger partial charge in [-0.2, -0.15) is 4.31 Å². The van der Waals surface area contributed by atoms with Gasteiger partial charge in [-0.25, -0.2) is 8.42 Å². The van der Waals surface area contributed by atoms with E-state index in [0.29, 0.717) is 18.5 Å². The molecule has 2 atom stereocenters. The van der Waals surface area contributed by atoms with E-state index in [1.807, 2.05) is 0 Å². The van der Waals surface area contributed by atoms with Gasteiger partial charge in [-0.3, -0.25) is 9.59 Å². The summed E-state index contributed by atoms with van der Waals surface area (Å²) >= 11 is 6.29. The molecule has 2 amide bonds. The summed E-state index contributed by atoms with van der Waals surface area (Å²) in [5, 5.41) is 9.27. The molecule has 2 bridgehead atoms. The maximum atomic E-state index is 13.5. The number of anilines is 1. The van der Waals surface area contributed by atoms with Gasteiger partial charge in [0, 0.05) is 37.0 Å². The number of fused-ring (bicyclic) bond motifs is 3. The van der Waals surface area contributed by atoms with Gasteiger partial charge in [-0.15, -0.1) is 0 Å². The molecule has 11 heteroatoms. The van der Waals surface area contributed by atoms with Crippen LogP contribution in [-0.4, -0.2) is 84.7 Å². The second kappa shape index (κ2) is 10.2.